The SMILES string of the molecule is CC/C=C\C/C=C\C/C=C\CCCCCCC(=O)OCC(COC(=O)CCCCCCCC/C=C\C=C/CCCCC)OC(=O)CCCCCCCCCCCCCCCCC. The molecule has 0 aliphatic heterocycles. The van der Waals surface area contributed by atoms with E-state index in [1.165, 1.54) is 122 Å². The fourth-order valence-electron chi connectivity index (χ4n) is 7.33. The van der Waals surface area contributed by atoms with E-state index in [4.69, 9.17) is 14.2 Å². The molecule has 0 saturated heterocycles. The summed E-state index contributed by atoms with van der Waals surface area (Å²) in [6.45, 7) is 6.48. The van der Waals surface area contributed by atoms with Crippen molar-refractivity contribution in [2.24, 2.45) is 0 Å². The molecule has 0 aromatic rings. The predicted molar refractivity (Wildman–Crippen MR) is 265 cm³/mol. The molecule has 0 aromatic carbocycles. The molecule has 62 heavy (non-hydrogen) atoms. The van der Waals surface area contributed by atoms with Gasteiger partial charge in [0.15, 0.2) is 6.10 Å². The van der Waals surface area contributed by atoms with Crippen LogP contribution in [0, 0.1) is 0 Å². The maximum absolute atomic E-state index is 12.8. The van der Waals surface area contributed by atoms with E-state index in [2.05, 4.69) is 81.5 Å². The number of allylic oxidation sites excluding steroid dienone is 10. The molecule has 0 aromatic heterocycles. The Bertz CT molecular complexity index is 1130. The molecule has 0 rings (SSSR count). The number of carbonyl (C=O) groups excluding carboxylic acids is 3. The van der Waals surface area contributed by atoms with Crippen LogP contribution >= 0.6 is 0 Å². The molecule has 1 unspecified atom stereocenters. The van der Waals surface area contributed by atoms with Gasteiger partial charge in [0.05, 0.1) is 0 Å². The van der Waals surface area contributed by atoms with E-state index in [0.29, 0.717) is 19.3 Å². The third-order valence-electron chi connectivity index (χ3n) is 11.3. The summed E-state index contributed by atoms with van der Waals surface area (Å²) in [4.78, 5) is 38.0. The van der Waals surface area contributed by atoms with Crippen LogP contribution < -0.4 is 0 Å². The van der Waals surface area contributed by atoms with Crippen LogP contribution in [0.2, 0.25) is 0 Å². The van der Waals surface area contributed by atoms with Gasteiger partial charge in [0.1, 0.15) is 13.2 Å². The van der Waals surface area contributed by atoms with Crippen LogP contribution in [0.25, 0.3) is 0 Å². The van der Waals surface area contributed by atoms with Gasteiger partial charge in [-0.3, -0.25) is 14.4 Å². The fourth-order valence-corrected chi connectivity index (χ4v) is 7.33. The Balaban J connectivity index is 4.42. The van der Waals surface area contributed by atoms with Gasteiger partial charge in [0, 0.05) is 19.3 Å². The monoisotopic (exact) mass is 867 g/mol. The largest absolute Gasteiger partial charge is 0.462 e. The van der Waals surface area contributed by atoms with E-state index in [1.54, 1.807) is 0 Å². The van der Waals surface area contributed by atoms with Gasteiger partial charge in [0.25, 0.3) is 0 Å². The van der Waals surface area contributed by atoms with Crippen molar-refractivity contribution in [3.8, 4) is 0 Å². The lowest BCUT2D eigenvalue weighted by Gasteiger charge is -2.18. The van der Waals surface area contributed by atoms with Crippen molar-refractivity contribution in [1.82, 2.24) is 0 Å². The zero-order chi connectivity index (χ0) is 45.1. The Morgan fingerprint density at radius 2 is 0.677 bits per heavy atom. The summed E-state index contributed by atoms with van der Waals surface area (Å²) in [7, 11) is 0. The number of ether oxygens (including phenoxy) is 3. The zero-order valence-electron chi connectivity index (χ0n) is 40.9. The van der Waals surface area contributed by atoms with Gasteiger partial charge >= 0.3 is 17.9 Å². The van der Waals surface area contributed by atoms with Gasteiger partial charge in [-0.1, -0.05) is 223 Å². The Hall–Kier alpha value is -2.89. The van der Waals surface area contributed by atoms with Crippen molar-refractivity contribution in [3.05, 3.63) is 60.8 Å². The molecule has 0 fully saturated rings. The lowest BCUT2D eigenvalue weighted by Crippen LogP contribution is -2.30. The van der Waals surface area contributed by atoms with Crippen LogP contribution in [0.5, 0.6) is 0 Å². The molecule has 1 atom stereocenters. The Kier molecular flexibility index (Phi) is 48.4. The summed E-state index contributed by atoms with van der Waals surface area (Å²) in [6, 6.07) is 0. The van der Waals surface area contributed by atoms with Crippen LogP contribution in [0.1, 0.15) is 258 Å². The van der Waals surface area contributed by atoms with Crippen LogP contribution in [0.4, 0.5) is 0 Å². The predicted octanol–water partition coefficient (Wildman–Crippen LogP) is 17.3. The zero-order valence-corrected chi connectivity index (χ0v) is 40.9. The van der Waals surface area contributed by atoms with E-state index in [1.807, 2.05) is 0 Å². The Labute approximate surface area is 383 Å². The van der Waals surface area contributed by atoms with E-state index in [-0.39, 0.29) is 31.1 Å². The van der Waals surface area contributed by atoms with Crippen molar-refractivity contribution in [2.45, 2.75) is 264 Å². The summed E-state index contributed by atoms with van der Waals surface area (Å²) < 4.78 is 16.8. The van der Waals surface area contributed by atoms with Gasteiger partial charge in [-0.25, -0.2) is 0 Å². The molecule has 0 aliphatic carbocycles. The normalized spacial score (nSPS) is 12.5. The summed E-state index contributed by atoms with van der Waals surface area (Å²) in [5.74, 6) is -0.912. The van der Waals surface area contributed by atoms with Gasteiger partial charge in [0.2, 0.25) is 0 Å². The van der Waals surface area contributed by atoms with Gasteiger partial charge in [-0.05, 0) is 77.0 Å². The highest BCUT2D eigenvalue weighted by Gasteiger charge is 2.19. The molecule has 0 aliphatic rings. The number of unbranched alkanes of at least 4 members (excludes halogenated alkanes) is 27. The minimum absolute atomic E-state index is 0.0859. The topological polar surface area (TPSA) is 78.9 Å². The van der Waals surface area contributed by atoms with Crippen LogP contribution in [0.3, 0.4) is 0 Å². The first kappa shape index (κ1) is 59.1. The number of hydrogen-bond donors (Lipinski definition) is 0. The molecule has 0 N–H and O–H groups in total. The lowest BCUT2D eigenvalue weighted by atomic mass is 10.0. The second kappa shape index (κ2) is 50.8. The molecular formula is C56H98O6. The minimum atomic E-state index is -0.785. The highest BCUT2D eigenvalue weighted by Crippen LogP contribution is 2.15. The first-order valence-corrected chi connectivity index (χ1v) is 26.3. The van der Waals surface area contributed by atoms with Gasteiger partial charge in [-0.2, -0.15) is 0 Å². The molecule has 6 nitrogen and oxygen atoms in total. The average Bonchev–Trinajstić information content (AvgIpc) is 3.27. The van der Waals surface area contributed by atoms with E-state index in [9.17, 15) is 14.4 Å². The average molecular weight is 867 g/mol. The van der Waals surface area contributed by atoms with Gasteiger partial charge < -0.3 is 14.2 Å². The molecule has 0 radical (unpaired) electrons. The maximum Gasteiger partial charge on any atom is 0.306 e. The summed E-state index contributed by atoms with van der Waals surface area (Å²) >= 11 is 0. The minimum Gasteiger partial charge on any atom is -0.462 e. The quantitative estimate of drug-likeness (QED) is 0.0199. The second-order valence-corrected chi connectivity index (χ2v) is 17.4. The van der Waals surface area contributed by atoms with Crippen LogP contribution in [-0.4, -0.2) is 37.2 Å². The first-order valence-electron chi connectivity index (χ1n) is 26.3. The number of rotatable bonds is 47. The van der Waals surface area contributed by atoms with Crippen molar-refractivity contribution >= 4 is 17.9 Å². The van der Waals surface area contributed by atoms with E-state index >= 15 is 0 Å². The molecule has 0 amide bonds. The molecule has 0 heterocycles. The van der Waals surface area contributed by atoms with Crippen molar-refractivity contribution in [1.29, 1.82) is 0 Å². The third kappa shape index (κ3) is 48.1. The third-order valence-corrected chi connectivity index (χ3v) is 11.3. The Morgan fingerprint density at radius 3 is 1.11 bits per heavy atom. The summed E-state index contributed by atoms with van der Waals surface area (Å²) in [5.41, 5.74) is 0. The molecule has 0 spiro atoms. The van der Waals surface area contributed by atoms with Crippen molar-refractivity contribution in [2.75, 3.05) is 13.2 Å². The number of esters is 3. The summed E-state index contributed by atoms with van der Waals surface area (Å²) in [5, 5.41) is 0. The molecule has 0 bridgehead atoms. The van der Waals surface area contributed by atoms with Crippen LogP contribution in [-0.2, 0) is 28.6 Å². The van der Waals surface area contributed by atoms with Crippen LogP contribution in [0.15, 0.2) is 60.8 Å². The second-order valence-electron chi connectivity index (χ2n) is 17.4. The lowest BCUT2D eigenvalue weighted by molar-refractivity contribution is -0.167. The summed E-state index contributed by atoms with van der Waals surface area (Å²) in [6.07, 6.45) is 62.0. The molecular weight excluding hydrogens is 769 g/mol. The smallest absolute Gasteiger partial charge is 0.306 e. The first-order chi connectivity index (χ1) is 30.5. The fraction of sp³-hybridized carbons (Fsp3) is 0.768. The highest BCUT2D eigenvalue weighted by atomic mass is 16.6. The maximum atomic E-state index is 12.8. The van der Waals surface area contributed by atoms with E-state index in [0.717, 1.165) is 96.3 Å². The number of hydrogen-bond acceptors (Lipinski definition) is 6. The van der Waals surface area contributed by atoms with E-state index < -0.39 is 6.10 Å². The molecule has 0 saturated carbocycles. The van der Waals surface area contributed by atoms with Crippen molar-refractivity contribution in [3.63, 3.8) is 0 Å². The van der Waals surface area contributed by atoms with Crippen molar-refractivity contribution < 1.29 is 28.6 Å². The molecule has 358 valence electrons. The highest BCUT2D eigenvalue weighted by molar-refractivity contribution is 5.71. The van der Waals surface area contributed by atoms with Gasteiger partial charge in [-0.15, -0.1) is 0 Å². The standard InChI is InChI=1S/C56H98O6/c1-4-7-10-13-16-19-22-25-28-31-34-37-40-43-46-49-55(58)61-52-53(51-60-54(57)48-45-42-39-36-33-30-27-24-21-18-15-12-9-6-3)62-56(59)50-47-44-41-38-35-32-29-26-23-20-17-14-11-8-5-2/h9,12,16,18-19,21-22,25,27,30,53H,4-8,10-11,13-15,17,20,23-24,26,28-29,31-52H2,1-3H3/b12-9-,19-16-,21-18-,25-22-,30-27-. The Morgan fingerprint density at radius 1 is 0.355 bits per heavy atom. The number of carbonyl (C=O) groups is 3. The molecule has 6 heteroatoms.